The van der Waals surface area contributed by atoms with Crippen LogP contribution in [0.3, 0.4) is 0 Å². The molecule has 0 atom stereocenters. The van der Waals surface area contributed by atoms with Crippen LogP contribution in [0.5, 0.6) is 0 Å². The summed E-state index contributed by atoms with van der Waals surface area (Å²) in [4.78, 5) is 15.5. The fraction of sp³-hybridized carbons (Fsp3) is 0.455. The Morgan fingerprint density at radius 1 is 1.38 bits per heavy atom. The van der Waals surface area contributed by atoms with Crippen molar-refractivity contribution in [3.05, 3.63) is 28.0 Å². The van der Waals surface area contributed by atoms with Gasteiger partial charge in [0.25, 0.3) is 0 Å². The standard InChI is InChI=1S/C11H11Cl2NO2/c12-9-5-7(6-14-10(9)13)11(15)16-8-3-1-2-4-8/h5-6,8H,1-4H2. The monoisotopic (exact) mass is 259 g/mol. The molecule has 1 aliphatic carbocycles. The molecule has 0 saturated heterocycles. The second-order valence-electron chi connectivity index (χ2n) is 3.81. The number of nitrogens with zero attached hydrogens (tertiary/aromatic N) is 1. The molecule has 1 aromatic rings. The lowest BCUT2D eigenvalue weighted by Crippen LogP contribution is -2.14. The summed E-state index contributed by atoms with van der Waals surface area (Å²) in [5.74, 6) is -0.377. The minimum absolute atomic E-state index is 0.0435. The Morgan fingerprint density at radius 3 is 2.69 bits per heavy atom. The molecule has 1 saturated carbocycles. The second kappa shape index (κ2) is 5.02. The fourth-order valence-corrected chi connectivity index (χ4v) is 2.03. The Kier molecular flexibility index (Phi) is 3.66. The third-order valence-electron chi connectivity index (χ3n) is 2.61. The van der Waals surface area contributed by atoms with E-state index in [1.54, 1.807) is 0 Å². The highest BCUT2D eigenvalue weighted by Gasteiger charge is 2.20. The zero-order chi connectivity index (χ0) is 11.5. The predicted molar refractivity (Wildman–Crippen MR) is 61.9 cm³/mol. The maximum absolute atomic E-state index is 11.7. The molecule has 0 radical (unpaired) electrons. The molecule has 1 aliphatic rings. The molecule has 5 heteroatoms. The average Bonchev–Trinajstić information content (AvgIpc) is 2.74. The summed E-state index contributed by atoms with van der Waals surface area (Å²) in [6.45, 7) is 0. The number of aromatic nitrogens is 1. The summed E-state index contributed by atoms with van der Waals surface area (Å²) < 4.78 is 5.31. The van der Waals surface area contributed by atoms with Gasteiger partial charge in [-0.15, -0.1) is 0 Å². The van der Waals surface area contributed by atoms with Crippen molar-refractivity contribution in [3.63, 3.8) is 0 Å². The molecule has 2 rings (SSSR count). The molecule has 3 nitrogen and oxygen atoms in total. The van der Waals surface area contributed by atoms with Crippen molar-refractivity contribution in [2.45, 2.75) is 31.8 Å². The van der Waals surface area contributed by atoms with Gasteiger partial charge >= 0.3 is 5.97 Å². The summed E-state index contributed by atoms with van der Waals surface area (Å²) in [6.07, 6.45) is 5.56. The van der Waals surface area contributed by atoms with Crippen LogP contribution in [0.25, 0.3) is 0 Å². The molecular weight excluding hydrogens is 249 g/mol. The summed E-state index contributed by atoms with van der Waals surface area (Å²) in [5, 5.41) is 0.460. The summed E-state index contributed by atoms with van der Waals surface area (Å²) in [6, 6.07) is 1.48. The Labute approximate surface area is 104 Å². The lowest BCUT2D eigenvalue weighted by molar-refractivity contribution is 0.0317. The molecule has 1 aromatic heterocycles. The molecule has 0 N–H and O–H groups in total. The van der Waals surface area contributed by atoms with E-state index in [0.29, 0.717) is 5.56 Å². The van der Waals surface area contributed by atoms with Crippen LogP contribution < -0.4 is 0 Å². The molecule has 0 spiro atoms. The largest absolute Gasteiger partial charge is 0.459 e. The topological polar surface area (TPSA) is 39.2 Å². The van der Waals surface area contributed by atoms with E-state index in [9.17, 15) is 4.79 Å². The summed E-state index contributed by atoms with van der Waals surface area (Å²) in [5.41, 5.74) is 0.348. The van der Waals surface area contributed by atoms with Crippen molar-refractivity contribution in [1.29, 1.82) is 0 Å². The van der Waals surface area contributed by atoms with Gasteiger partial charge < -0.3 is 4.74 Å². The lowest BCUT2D eigenvalue weighted by Gasteiger charge is -2.11. The van der Waals surface area contributed by atoms with Crippen molar-refractivity contribution >= 4 is 29.2 Å². The summed E-state index contributed by atoms with van der Waals surface area (Å²) in [7, 11) is 0. The molecule has 0 aliphatic heterocycles. The van der Waals surface area contributed by atoms with E-state index in [2.05, 4.69) is 4.98 Å². The second-order valence-corrected chi connectivity index (χ2v) is 4.57. The van der Waals surface area contributed by atoms with E-state index in [0.717, 1.165) is 25.7 Å². The van der Waals surface area contributed by atoms with Crippen LogP contribution in [0, 0.1) is 0 Å². The van der Waals surface area contributed by atoms with Gasteiger partial charge in [-0.3, -0.25) is 0 Å². The lowest BCUT2D eigenvalue weighted by atomic mass is 10.2. The van der Waals surface area contributed by atoms with Gasteiger partial charge in [0.05, 0.1) is 10.6 Å². The zero-order valence-electron chi connectivity index (χ0n) is 8.58. The van der Waals surface area contributed by atoms with Gasteiger partial charge in [0.1, 0.15) is 11.3 Å². The number of esters is 1. The van der Waals surface area contributed by atoms with E-state index in [1.165, 1.54) is 12.3 Å². The maximum Gasteiger partial charge on any atom is 0.340 e. The van der Waals surface area contributed by atoms with E-state index in [1.807, 2.05) is 0 Å². The number of ether oxygens (including phenoxy) is 1. The molecule has 0 aromatic carbocycles. The van der Waals surface area contributed by atoms with Crippen LogP contribution in [0.4, 0.5) is 0 Å². The van der Waals surface area contributed by atoms with Crippen LogP contribution in [-0.4, -0.2) is 17.1 Å². The highest BCUT2D eigenvalue weighted by Crippen LogP contribution is 2.24. The average molecular weight is 260 g/mol. The van der Waals surface area contributed by atoms with Gasteiger partial charge in [0.2, 0.25) is 0 Å². The molecular formula is C11H11Cl2NO2. The van der Waals surface area contributed by atoms with Gasteiger partial charge in [-0.25, -0.2) is 9.78 Å². The molecule has 0 amide bonds. The number of hydrogen-bond donors (Lipinski definition) is 0. The Hall–Kier alpha value is -0.800. The van der Waals surface area contributed by atoms with Gasteiger partial charge in [-0.05, 0) is 31.7 Å². The van der Waals surface area contributed by atoms with Gasteiger partial charge in [-0.2, -0.15) is 0 Å². The quantitative estimate of drug-likeness (QED) is 0.603. The molecule has 0 unspecified atom stereocenters. The predicted octanol–water partition coefficient (Wildman–Crippen LogP) is 3.49. The Balaban J connectivity index is 2.05. The first-order valence-electron chi connectivity index (χ1n) is 5.19. The van der Waals surface area contributed by atoms with Crippen molar-refractivity contribution in [1.82, 2.24) is 4.98 Å². The fourth-order valence-electron chi connectivity index (χ4n) is 1.76. The van der Waals surface area contributed by atoms with E-state index >= 15 is 0 Å². The third kappa shape index (κ3) is 2.66. The molecule has 16 heavy (non-hydrogen) atoms. The van der Waals surface area contributed by atoms with Crippen LogP contribution in [-0.2, 0) is 4.74 Å². The Bertz CT molecular complexity index is 403. The number of carbonyl (C=O) groups excluding carboxylic acids is 1. The van der Waals surface area contributed by atoms with Crippen molar-refractivity contribution in [3.8, 4) is 0 Å². The Morgan fingerprint density at radius 2 is 2.06 bits per heavy atom. The van der Waals surface area contributed by atoms with E-state index in [4.69, 9.17) is 27.9 Å². The first kappa shape index (κ1) is 11.7. The van der Waals surface area contributed by atoms with Crippen LogP contribution in [0.1, 0.15) is 36.0 Å². The van der Waals surface area contributed by atoms with E-state index < -0.39 is 0 Å². The van der Waals surface area contributed by atoms with Gasteiger partial charge in [0.15, 0.2) is 0 Å². The van der Waals surface area contributed by atoms with Crippen LogP contribution in [0.2, 0.25) is 10.2 Å². The SMILES string of the molecule is O=C(OC1CCCC1)c1cnc(Cl)c(Cl)c1. The van der Waals surface area contributed by atoms with Crippen molar-refractivity contribution in [2.24, 2.45) is 0 Å². The first-order valence-corrected chi connectivity index (χ1v) is 5.94. The number of rotatable bonds is 2. The maximum atomic E-state index is 11.7. The third-order valence-corrected chi connectivity index (χ3v) is 3.29. The zero-order valence-corrected chi connectivity index (χ0v) is 10.1. The minimum atomic E-state index is -0.377. The molecule has 1 fully saturated rings. The smallest absolute Gasteiger partial charge is 0.340 e. The van der Waals surface area contributed by atoms with E-state index in [-0.39, 0.29) is 22.2 Å². The highest BCUT2D eigenvalue weighted by molar-refractivity contribution is 6.41. The number of pyridine rings is 1. The van der Waals surface area contributed by atoms with Crippen LogP contribution in [0.15, 0.2) is 12.3 Å². The molecule has 1 heterocycles. The summed E-state index contributed by atoms with van der Waals surface area (Å²) >= 11 is 11.4. The van der Waals surface area contributed by atoms with Gasteiger partial charge in [-0.1, -0.05) is 23.2 Å². The van der Waals surface area contributed by atoms with Crippen molar-refractivity contribution < 1.29 is 9.53 Å². The molecule has 0 bridgehead atoms. The molecule has 86 valence electrons. The number of halogens is 2. The van der Waals surface area contributed by atoms with Crippen molar-refractivity contribution in [2.75, 3.05) is 0 Å². The highest BCUT2D eigenvalue weighted by atomic mass is 35.5. The first-order chi connectivity index (χ1) is 7.66. The van der Waals surface area contributed by atoms with Gasteiger partial charge in [0, 0.05) is 6.20 Å². The van der Waals surface area contributed by atoms with Crippen LogP contribution >= 0.6 is 23.2 Å². The number of carbonyl (C=O) groups is 1. The normalized spacial score (nSPS) is 16.4. The number of hydrogen-bond acceptors (Lipinski definition) is 3. The minimum Gasteiger partial charge on any atom is -0.459 e.